The third kappa shape index (κ3) is 1.80. The van der Waals surface area contributed by atoms with Gasteiger partial charge in [-0.25, -0.2) is 4.98 Å². The second kappa shape index (κ2) is 4.24. The summed E-state index contributed by atoms with van der Waals surface area (Å²) in [6, 6.07) is 7.36. The van der Waals surface area contributed by atoms with Gasteiger partial charge in [0, 0.05) is 17.6 Å². The van der Waals surface area contributed by atoms with Crippen LogP contribution in [0.2, 0.25) is 0 Å². The Hall–Kier alpha value is -3.02. The molecule has 0 saturated heterocycles. The number of benzene rings is 1. The molecule has 0 saturated carbocycles. The number of aromatic amines is 1. The van der Waals surface area contributed by atoms with Gasteiger partial charge in [-0.3, -0.25) is 15.1 Å². The number of rotatable bonds is 1. The van der Waals surface area contributed by atoms with E-state index in [4.69, 9.17) is 5.73 Å². The van der Waals surface area contributed by atoms with Gasteiger partial charge in [-0.15, -0.1) is 0 Å². The average molecular weight is 276 g/mol. The first-order valence-corrected chi connectivity index (χ1v) is 6.55. The number of nitrogens with zero attached hydrogens (tertiary/aromatic N) is 4. The third-order valence-corrected chi connectivity index (χ3v) is 3.46. The molecule has 4 rings (SSSR count). The van der Waals surface area contributed by atoms with Crippen LogP contribution in [-0.4, -0.2) is 25.1 Å². The molecule has 3 aromatic heterocycles. The lowest BCUT2D eigenvalue weighted by molar-refractivity contribution is 1.07. The Labute approximate surface area is 120 Å². The van der Waals surface area contributed by atoms with E-state index < -0.39 is 0 Å². The summed E-state index contributed by atoms with van der Waals surface area (Å²) in [7, 11) is 0. The number of anilines is 1. The molecule has 0 spiro atoms. The highest BCUT2D eigenvalue weighted by Crippen LogP contribution is 2.27. The molecule has 0 atom stereocenters. The molecule has 0 fully saturated rings. The van der Waals surface area contributed by atoms with E-state index in [0.29, 0.717) is 5.69 Å². The first-order chi connectivity index (χ1) is 10.2. The summed E-state index contributed by atoms with van der Waals surface area (Å²) >= 11 is 0. The average Bonchev–Trinajstić information content (AvgIpc) is 2.88. The lowest BCUT2D eigenvalue weighted by Crippen LogP contribution is -1.93. The Kier molecular flexibility index (Phi) is 2.38. The van der Waals surface area contributed by atoms with E-state index in [-0.39, 0.29) is 0 Å². The van der Waals surface area contributed by atoms with Gasteiger partial charge in [-0.2, -0.15) is 5.10 Å². The monoisotopic (exact) mass is 276 g/mol. The molecule has 0 unspecified atom stereocenters. The molecule has 0 aliphatic carbocycles. The van der Waals surface area contributed by atoms with Crippen LogP contribution in [0.1, 0.15) is 5.69 Å². The largest absolute Gasteiger partial charge is 0.399 e. The molecule has 21 heavy (non-hydrogen) atoms. The van der Waals surface area contributed by atoms with Crippen molar-refractivity contribution in [2.45, 2.75) is 6.92 Å². The van der Waals surface area contributed by atoms with Gasteiger partial charge >= 0.3 is 0 Å². The fourth-order valence-corrected chi connectivity index (χ4v) is 2.45. The number of hydrogen-bond donors (Lipinski definition) is 2. The fraction of sp³-hybridized carbons (Fsp3) is 0.0667. The van der Waals surface area contributed by atoms with Crippen LogP contribution in [0.15, 0.2) is 36.7 Å². The Bertz CT molecular complexity index is 972. The molecule has 4 aromatic rings. The van der Waals surface area contributed by atoms with E-state index in [2.05, 4.69) is 25.1 Å². The molecule has 0 aliphatic rings. The quantitative estimate of drug-likeness (QED) is 0.521. The Morgan fingerprint density at radius 3 is 2.86 bits per heavy atom. The highest BCUT2D eigenvalue weighted by molar-refractivity contribution is 5.94. The summed E-state index contributed by atoms with van der Waals surface area (Å²) in [5.41, 5.74) is 11.3. The molecule has 0 amide bonds. The van der Waals surface area contributed by atoms with Gasteiger partial charge in [0.25, 0.3) is 0 Å². The molecule has 3 heterocycles. The predicted molar refractivity (Wildman–Crippen MR) is 81.6 cm³/mol. The van der Waals surface area contributed by atoms with E-state index in [9.17, 15) is 0 Å². The van der Waals surface area contributed by atoms with E-state index >= 15 is 0 Å². The molecule has 1 aromatic carbocycles. The van der Waals surface area contributed by atoms with Crippen molar-refractivity contribution in [2.24, 2.45) is 0 Å². The van der Waals surface area contributed by atoms with Gasteiger partial charge in [-0.1, -0.05) is 0 Å². The van der Waals surface area contributed by atoms with Gasteiger partial charge in [0.1, 0.15) is 11.4 Å². The van der Waals surface area contributed by atoms with Crippen molar-refractivity contribution < 1.29 is 0 Å². The van der Waals surface area contributed by atoms with Crippen LogP contribution >= 0.6 is 0 Å². The topological polar surface area (TPSA) is 93.4 Å². The maximum atomic E-state index is 5.76. The van der Waals surface area contributed by atoms with Crippen molar-refractivity contribution >= 4 is 27.6 Å². The number of aryl methyl sites for hydroxylation is 1. The number of fused-ring (bicyclic) bond motifs is 2. The molecular formula is C15H12N6. The van der Waals surface area contributed by atoms with Crippen LogP contribution in [0.3, 0.4) is 0 Å². The van der Waals surface area contributed by atoms with Crippen molar-refractivity contribution in [3.8, 4) is 11.4 Å². The highest BCUT2D eigenvalue weighted by Gasteiger charge is 2.12. The minimum Gasteiger partial charge on any atom is -0.399 e. The number of nitrogens with two attached hydrogens (primary N) is 1. The molecule has 0 radical (unpaired) electrons. The van der Waals surface area contributed by atoms with Crippen molar-refractivity contribution in [2.75, 3.05) is 5.73 Å². The molecule has 3 N–H and O–H groups in total. The van der Waals surface area contributed by atoms with Gasteiger partial charge in [-0.05, 0) is 31.2 Å². The van der Waals surface area contributed by atoms with E-state index in [1.165, 1.54) is 0 Å². The van der Waals surface area contributed by atoms with E-state index in [1.54, 1.807) is 12.4 Å². The Morgan fingerprint density at radius 1 is 1.05 bits per heavy atom. The molecule has 6 heteroatoms. The van der Waals surface area contributed by atoms with Gasteiger partial charge < -0.3 is 5.73 Å². The smallest absolute Gasteiger partial charge is 0.108 e. The molecule has 0 aliphatic heterocycles. The van der Waals surface area contributed by atoms with Crippen molar-refractivity contribution in [1.29, 1.82) is 0 Å². The number of nitrogen functional groups attached to an aromatic ring is 1. The third-order valence-electron chi connectivity index (χ3n) is 3.46. The second-order valence-electron chi connectivity index (χ2n) is 4.91. The summed E-state index contributed by atoms with van der Waals surface area (Å²) in [5, 5.41) is 8.20. The zero-order valence-electron chi connectivity index (χ0n) is 11.3. The van der Waals surface area contributed by atoms with Crippen molar-refractivity contribution in [3.63, 3.8) is 0 Å². The van der Waals surface area contributed by atoms with Crippen LogP contribution in [-0.2, 0) is 0 Å². The normalized spacial score (nSPS) is 11.3. The summed E-state index contributed by atoms with van der Waals surface area (Å²) in [5.74, 6) is 0. The fourth-order valence-electron chi connectivity index (χ4n) is 2.45. The molecule has 0 bridgehead atoms. The van der Waals surface area contributed by atoms with Crippen molar-refractivity contribution in [3.05, 3.63) is 42.4 Å². The SMILES string of the molecule is Cc1[nH]nc2ccnc(-c3cnc4cc(N)ccc4n3)c12. The van der Waals surface area contributed by atoms with Crippen molar-refractivity contribution in [1.82, 2.24) is 25.1 Å². The number of hydrogen-bond acceptors (Lipinski definition) is 5. The Morgan fingerprint density at radius 2 is 1.95 bits per heavy atom. The molecule has 6 nitrogen and oxygen atoms in total. The summed E-state index contributed by atoms with van der Waals surface area (Å²) in [6.45, 7) is 1.97. The molecule has 102 valence electrons. The van der Waals surface area contributed by atoms with Crippen LogP contribution in [0.25, 0.3) is 33.3 Å². The van der Waals surface area contributed by atoms with Crippen LogP contribution in [0.5, 0.6) is 0 Å². The predicted octanol–water partition coefficient (Wildman–Crippen LogP) is 2.46. The number of pyridine rings is 1. The lowest BCUT2D eigenvalue weighted by atomic mass is 10.1. The second-order valence-corrected chi connectivity index (χ2v) is 4.91. The lowest BCUT2D eigenvalue weighted by Gasteiger charge is -2.04. The van der Waals surface area contributed by atoms with Crippen LogP contribution in [0.4, 0.5) is 5.69 Å². The van der Waals surface area contributed by atoms with E-state index in [0.717, 1.165) is 39.0 Å². The number of nitrogens with one attached hydrogen (secondary N) is 1. The van der Waals surface area contributed by atoms with Gasteiger partial charge in [0.05, 0.1) is 28.1 Å². The van der Waals surface area contributed by atoms with Crippen LogP contribution < -0.4 is 5.73 Å². The maximum Gasteiger partial charge on any atom is 0.108 e. The molecular weight excluding hydrogens is 264 g/mol. The van der Waals surface area contributed by atoms with E-state index in [1.807, 2.05) is 31.2 Å². The zero-order valence-corrected chi connectivity index (χ0v) is 11.3. The first kappa shape index (κ1) is 11.8. The van der Waals surface area contributed by atoms with Crippen LogP contribution in [0, 0.1) is 6.92 Å². The highest BCUT2D eigenvalue weighted by atomic mass is 15.1. The summed E-state index contributed by atoms with van der Waals surface area (Å²) in [6.07, 6.45) is 3.45. The maximum absolute atomic E-state index is 5.76. The standard InChI is InChI=1S/C15H12N6/c1-8-14-11(21-20-8)4-5-17-15(14)13-7-18-12-6-9(16)2-3-10(12)19-13/h2-7H,16H2,1H3,(H,20,21). The number of aromatic nitrogens is 5. The van der Waals surface area contributed by atoms with Gasteiger partial charge in [0.15, 0.2) is 0 Å². The first-order valence-electron chi connectivity index (χ1n) is 6.55. The van der Waals surface area contributed by atoms with Gasteiger partial charge in [0.2, 0.25) is 0 Å². The minimum absolute atomic E-state index is 0.676. The number of H-pyrrole nitrogens is 1. The zero-order chi connectivity index (χ0) is 14.4. The minimum atomic E-state index is 0.676. The Balaban J connectivity index is 2.00. The summed E-state index contributed by atoms with van der Waals surface area (Å²) < 4.78 is 0. The summed E-state index contributed by atoms with van der Waals surface area (Å²) in [4.78, 5) is 13.5.